The van der Waals surface area contributed by atoms with Crippen LogP contribution in [0.15, 0.2) is 79.6 Å². The van der Waals surface area contributed by atoms with Crippen LogP contribution in [0.2, 0.25) is 0 Å². The van der Waals surface area contributed by atoms with Crippen LogP contribution in [0.5, 0.6) is 0 Å². The van der Waals surface area contributed by atoms with E-state index in [4.69, 9.17) is 9.97 Å². The van der Waals surface area contributed by atoms with Crippen LogP contribution < -0.4 is 0 Å². The molecular weight excluding hydrogens is 328 g/mol. The molecule has 0 aliphatic carbocycles. The predicted octanol–water partition coefficient (Wildman–Crippen LogP) is 6.55. The molecule has 0 spiro atoms. The van der Waals surface area contributed by atoms with Crippen molar-refractivity contribution < 1.29 is 0 Å². The molecule has 2 heteroatoms. The molecule has 0 saturated carbocycles. The van der Waals surface area contributed by atoms with Crippen molar-refractivity contribution in [1.82, 2.24) is 9.97 Å². The van der Waals surface area contributed by atoms with E-state index in [0.717, 1.165) is 32.9 Å². The van der Waals surface area contributed by atoms with E-state index in [1.54, 1.807) is 12.4 Å². The maximum Gasteiger partial charge on any atom is 0.0977 e. The lowest BCUT2D eigenvalue weighted by Crippen LogP contribution is -1.95. The first-order chi connectivity index (χ1) is 13.3. The smallest absolute Gasteiger partial charge is 0.0977 e. The van der Waals surface area contributed by atoms with Gasteiger partial charge in [0.05, 0.1) is 11.0 Å². The quantitative estimate of drug-likeness (QED) is 0.267. The van der Waals surface area contributed by atoms with Crippen molar-refractivity contribution in [2.75, 3.05) is 0 Å². The fraction of sp³-hybridized carbons (Fsp3) is 0.0400. The van der Waals surface area contributed by atoms with Gasteiger partial charge in [0, 0.05) is 23.3 Å². The average Bonchev–Trinajstić information content (AvgIpc) is 2.72. The summed E-state index contributed by atoms with van der Waals surface area (Å²) in [6, 6.07) is 21.3. The molecule has 0 aliphatic heterocycles. The van der Waals surface area contributed by atoms with Gasteiger partial charge in [0.1, 0.15) is 0 Å². The monoisotopic (exact) mass is 346 g/mol. The molecule has 0 N–H and O–H groups in total. The van der Waals surface area contributed by atoms with Gasteiger partial charge in [-0.2, -0.15) is 0 Å². The van der Waals surface area contributed by atoms with Crippen molar-refractivity contribution in [2.45, 2.75) is 6.92 Å². The largest absolute Gasteiger partial charge is 0.252 e. The molecule has 4 aromatic carbocycles. The molecule has 0 fully saturated rings. The van der Waals surface area contributed by atoms with Gasteiger partial charge in [-0.05, 0) is 51.9 Å². The molecule has 128 valence electrons. The van der Waals surface area contributed by atoms with Gasteiger partial charge in [0.2, 0.25) is 0 Å². The summed E-state index contributed by atoms with van der Waals surface area (Å²) in [6.07, 6.45) is 5.49. The summed E-state index contributed by atoms with van der Waals surface area (Å²) < 4.78 is 0. The molecule has 0 atom stereocenters. The van der Waals surface area contributed by atoms with Gasteiger partial charge in [-0.25, -0.2) is 0 Å². The molecule has 0 amide bonds. The van der Waals surface area contributed by atoms with Crippen LogP contribution >= 0.6 is 0 Å². The standard InChI is InChI=1S/C25H18N2/c1-3-19-21-14-17-9-5-6-10-18(17)15-22(21)24-25(27-13-12-26-24)23(19)20-11-7-4-8-16(20)2/h3-15H,1H2,2H3. The third-order valence-electron chi connectivity index (χ3n) is 5.25. The molecule has 0 bridgehead atoms. The van der Waals surface area contributed by atoms with Crippen molar-refractivity contribution in [3.05, 3.63) is 90.8 Å². The third kappa shape index (κ3) is 2.34. The summed E-state index contributed by atoms with van der Waals surface area (Å²) in [5.41, 5.74) is 6.46. The number of hydrogen-bond acceptors (Lipinski definition) is 2. The van der Waals surface area contributed by atoms with Crippen molar-refractivity contribution in [3.8, 4) is 11.1 Å². The molecule has 2 nitrogen and oxygen atoms in total. The Labute approximate surface area is 157 Å². The fourth-order valence-electron chi connectivity index (χ4n) is 3.98. The van der Waals surface area contributed by atoms with Gasteiger partial charge in [0.25, 0.3) is 0 Å². The second kappa shape index (κ2) is 6.03. The summed E-state index contributed by atoms with van der Waals surface area (Å²) >= 11 is 0. The molecule has 5 rings (SSSR count). The van der Waals surface area contributed by atoms with Gasteiger partial charge in [0.15, 0.2) is 0 Å². The van der Waals surface area contributed by atoms with E-state index in [9.17, 15) is 0 Å². The van der Waals surface area contributed by atoms with Crippen LogP contribution in [0.25, 0.3) is 49.8 Å². The lowest BCUT2D eigenvalue weighted by Gasteiger charge is -2.16. The number of fused-ring (bicyclic) bond motifs is 4. The Hall–Kier alpha value is -3.52. The first-order valence-corrected chi connectivity index (χ1v) is 9.05. The Morgan fingerprint density at radius 1 is 0.778 bits per heavy atom. The van der Waals surface area contributed by atoms with Gasteiger partial charge >= 0.3 is 0 Å². The SMILES string of the molecule is C=Cc1c(-c2ccccc2C)c2nccnc2c2cc3ccccc3cc12. The Kier molecular flexibility index (Phi) is 3.51. The summed E-state index contributed by atoms with van der Waals surface area (Å²) in [5, 5.41) is 4.70. The first-order valence-electron chi connectivity index (χ1n) is 9.05. The van der Waals surface area contributed by atoms with E-state index in [-0.39, 0.29) is 0 Å². The van der Waals surface area contributed by atoms with Gasteiger partial charge in [-0.1, -0.05) is 61.2 Å². The highest BCUT2D eigenvalue weighted by Crippen LogP contribution is 2.40. The van der Waals surface area contributed by atoms with Gasteiger partial charge in [-0.15, -0.1) is 0 Å². The van der Waals surface area contributed by atoms with Crippen molar-refractivity contribution in [2.24, 2.45) is 0 Å². The van der Waals surface area contributed by atoms with Crippen LogP contribution in [0.4, 0.5) is 0 Å². The molecule has 27 heavy (non-hydrogen) atoms. The van der Waals surface area contributed by atoms with Crippen LogP contribution in [-0.4, -0.2) is 9.97 Å². The Bertz CT molecular complexity index is 1350. The van der Waals surface area contributed by atoms with E-state index >= 15 is 0 Å². The Balaban J connectivity index is 2.07. The zero-order chi connectivity index (χ0) is 18.4. The lowest BCUT2D eigenvalue weighted by molar-refractivity contribution is 1.30. The molecule has 0 aliphatic rings. The summed E-state index contributed by atoms with van der Waals surface area (Å²) in [7, 11) is 0. The van der Waals surface area contributed by atoms with Crippen LogP contribution in [0, 0.1) is 6.92 Å². The average molecular weight is 346 g/mol. The Morgan fingerprint density at radius 3 is 2.11 bits per heavy atom. The second-order valence-corrected chi connectivity index (χ2v) is 6.81. The van der Waals surface area contributed by atoms with E-state index in [1.165, 1.54) is 21.9 Å². The number of rotatable bonds is 2. The summed E-state index contributed by atoms with van der Waals surface area (Å²) in [5.74, 6) is 0. The number of benzene rings is 4. The minimum Gasteiger partial charge on any atom is -0.252 e. The van der Waals surface area contributed by atoms with Crippen LogP contribution in [-0.2, 0) is 0 Å². The molecule has 1 aromatic heterocycles. The topological polar surface area (TPSA) is 25.8 Å². The minimum atomic E-state index is 0.921. The van der Waals surface area contributed by atoms with Crippen molar-refractivity contribution in [3.63, 3.8) is 0 Å². The molecule has 5 aromatic rings. The normalized spacial score (nSPS) is 11.3. The first kappa shape index (κ1) is 15.7. The highest BCUT2D eigenvalue weighted by Gasteiger charge is 2.17. The van der Waals surface area contributed by atoms with E-state index < -0.39 is 0 Å². The van der Waals surface area contributed by atoms with Gasteiger partial charge in [-0.3, -0.25) is 9.97 Å². The lowest BCUT2D eigenvalue weighted by atomic mass is 9.89. The number of aromatic nitrogens is 2. The molecule has 0 saturated heterocycles. The minimum absolute atomic E-state index is 0.921. The summed E-state index contributed by atoms with van der Waals surface area (Å²) in [6.45, 7) is 6.27. The van der Waals surface area contributed by atoms with Crippen molar-refractivity contribution >= 4 is 38.7 Å². The third-order valence-corrected chi connectivity index (χ3v) is 5.25. The summed E-state index contributed by atoms with van der Waals surface area (Å²) in [4.78, 5) is 9.44. The molecule has 1 heterocycles. The number of aryl methyl sites for hydroxylation is 1. The van der Waals surface area contributed by atoms with E-state index in [1.807, 2.05) is 6.08 Å². The maximum atomic E-state index is 4.73. The molecular formula is C25H18N2. The highest BCUT2D eigenvalue weighted by atomic mass is 14.8. The molecule has 0 radical (unpaired) electrons. The zero-order valence-corrected chi connectivity index (χ0v) is 15.1. The van der Waals surface area contributed by atoms with Crippen LogP contribution in [0.3, 0.4) is 0 Å². The maximum absolute atomic E-state index is 4.73. The van der Waals surface area contributed by atoms with E-state index in [0.29, 0.717) is 0 Å². The Morgan fingerprint density at radius 2 is 1.41 bits per heavy atom. The van der Waals surface area contributed by atoms with Gasteiger partial charge < -0.3 is 0 Å². The predicted molar refractivity (Wildman–Crippen MR) is 115 cm³/mol. The highest BCUT2D eigenvalue weighted by molar-refractivity contribution is 6.18. The molecule has 0 unspecified atom stereocenters. The van der Waals surface area contributed by atoms with Crippen molar-refractivity contribution in [1.29, 1.82) is 0 Å². The zero-order valence-electron chi connectivity index (χ0n) is 15.1. The van der Waals surface area contributed by atoms with Crippen LogP contribution in [0.1, 0.15) is 11.1 Å². The second-order valence-electron chi connectivity index (χ2n) is 6.81. The number of hydrogen-bond donors (Lipinski definition) is 0. The fourth-order valence-corrected chi connectivity index (χ4v) is 3.98. The number of nitrogens with zero attached hydrogens (tertiary/aromatic N) is 2. The van der Waals surface area contributed by atoms with E-state index in [2.05, 4.69) is 74.2 Å².